The second kappa shape index (κ2) is 4.69. The zero-order valence-corrected chi connectivity index (χ0v) is 10.3. The Kier molecular flexibility index (Phi) is 3.05. The lowest BCUT2D eigenvalue weighted by molar-refractivity contribution is 0.130. The zero-order valence-electron chi connectivity index (χ0n) is 10.3. The van der Waals surface area contributed by atoms with Gasteiger partial charge in [0.15, 0.2) is 0 Å². The van der Waals surface area contributed by atoms with Crippen LogP contribution in [0.15, 0.2) is 12.4 Å². The molecule has 0 radical (unpaired) electrons. The van der Waals surface area contributed by atoms with Gasteiger partial charge in [0.1, 0.15) is 0 Å². The van der Waals surface area contributed by atoms with Gasteiger partial charge in [-0.3, -0.25) is 4.68 Å². The fraction of sp³-hybridized carbons (Fsp3) is 0.769. The molecule has 2 fully saturated rings. The van der Waals surface area contributed by atoms with E-state index in [4.69, 9.17) is 0 Å². The molecule has 94 valence electrons. The Morgan fingerprint density at radius 3 is 2.65 bits per heavy atom. The first-order valence-corrected chi connectivity index (χ1v) is 6.82. The van der Waals surface area contributed by atoms with Gasteiger partial charge >= 0.3 is 0 Å². The summed E-state index contributed by atoms with van der Waals surface area (Å²) in [5.74, 6) is 0. The Bertz CT molecular complexity index is 370. The summed E-state index contributed by atoms with van der Waals surface area (Å²) in [6.45, 7) is 2.30. The molecular weight excluding hydrogens is 214 g/mol. The maximum atomic E-state index is 9.89. The van der Waals surface area contributed by atoms with Crippen LogP contribution >= 0.6 is 0 Å². The Morgan fingerprint density at radius 2 is 1.94 bits per heavy atom. The summed E-state index contributed by atoms with van der Waals surface area (Å²) in [6, 6.07) is 0.202. The molecule has 0 aromatic carbocycles. The number of hydrogen-bond donors (Lipinski definition) is 1. The van der Waals surface area contributed by atoms with Crippen molar-refractivity contribution < 1.29 is 5.11 Å². The first-order chi connectivity index (χ1) is 8.34. The van der Waals surface area contributed by atoms with Crippen molar-refractivity contribution in [1.29, 1.82) is 0 Å². The van der Waals surface area contributed by atoms with E-state index in [2.05, 4.69) is 16.2 Å². The summed E-state index contributed by atoms with van der Waals surface area (Å²) in [5.41, 5.74) is 1.23. The summed E-state index contributed by atoms with van der Waals surface area (Å²) < 4.78 is 1.97. The minimum absolute atomic E-state index is 0.202. The van der Waals surface area contributed by atoms with E-state index < -0.39 is 0 Å². The number of aromatic nitrogens is 2. The Hall–Kier alpha value is -1.03. The second-order valence-electron chi connectivity index (χ2n) is 5.29. The SMILES string of the molecule is OC1CCCC1n1cc(N2CCCCC2)cn1. The number of aliphatic hydroxyl groups is 1. The van der Waals surface area contributed by atoms with Crippen LogP contribution in [-0.4, -0.2) is 34.1 Å². The van der Waals surface area contributed by atoms with Gasteiger partial charge in [-0.05, 0) is 38.5 Å². The highest BCUT2D eigenvalue weighted by molar-refractivity contribution is 5.42. The third-order valence-corrected chi connectivity index (χ3v) is 4.09. The monoisotopic (exact) mass is 235 g/mol. The molecule has 2 aliphatic rings. The van der Waals surface area contributed by atoms with E-state index in [1.165, 1.54) is 24.9 Å². The number of aliphatic hydroxyl groups excluding tert-OH is 1. The first kappa shape index (κ1) is 11.1. The van der Waals surface area contributed by atoms with Crippen molar-refractivity contribution >= 4 is 5.69 Å². The fourth-order valence-corrected chi connectivity index (χ4v) is 3.05. The van der Waals surface area contributed by atoms with Crippen LogP contribution in [0.5, 0.6) is 0 Å². The van der Waals surface area contributed by atoms with Crippen LogP contribution in [0.25, 0.3) is 0 Å². The first-order valence-electron chi connectivity index (χ1n) is 6.82. The minimum atomic E-state index is -0.205. The predicted molar refractivity (Wildman–Crippen MR) is 67.2 cm³/mol. The standard InChI is InChI=1S/C13H21N3O/c17-13-6-4-5-12(13)16-10-11(9-14-16)15-7-2-1-3-8-15/h9-10,12-13,17H,1-8H2. The molecule has 2 atom stereocenters. The molecule has 2 unspecified atom stereocenters. The van der Waals surface area contributed by atoms with Crippen LogP contribution in [0, 0.1) is 0 Å². The van der Waals surface area contributed by atoms with Crippen LogP contribution in [0.1, 0.15) is 44.6 Å². The van der Waals surface area contributed by atoms with E-state index in [1.807, 2.05) is 10.9 Å². The quantitative estimate of drug-likeness (QED) is 0.852. The van der Waals surface area contributed by atoms with Gasteiger partial charge in [0.05, 0.1) is 24.0 Å². The van der Waals surface area contributed by atoms with Gasteiger partial charge in [-0.15, -0.1) is 0 Å². The lowest BCUT2D eigenvalue weighted by Crippen LogP contribution is -2.29. The molecule has 1 N–H and O–H groups in total. The molecule has 0 bridgehead atoms. The Morgan fingerprint density at radius 1 is 1.12 bits per heavy atom. The maximum Gasteiger partial charge on any atom is 0.0779 e. The van der Waals surface area contributed by atoms with Crippen LogP contribution < -0.4 is 4.90 Å². The zero-order chi connectivity index (χ0) is 11.7. The molecule has 0 amide bonds. The highest BCUT2D eigenvalue weighted by Gasteiger charge is 2.27. The molecule has 2 heterocycles. The van der Waals surface area contributed by atoms with Gasteiger partial charge in [0.2, 0.25) is 0 Å². The Balaban J connectivity index is 1.73. The summed E-state index contributed by atoms with van der Waals surface area (Å²) in [4.78, 5) is 2.41. The van der Waals surface area contributed by atoms with E-state index in [-0.39, 0.29) is 12.1 Å². The maximum absolute atomic E-state index is 9.89. The number of hydrogen-bond acceptors (Lipinski definition) is 3. The van der Waals surface area contributed by atoms with Gasteiger partial charge in [-0.1, -0.05) is 0 Å². The lowest BCUT2D eigenvalue weighted by Gasteiger charge is -2.27. The van der Waals surface area contributed by atoms with Crippen LogP contribution in [-0.2, 0) is 0 Å². The molecule has 17 heavy (non-hydrogen) atoms. The van der Waals surface area contributed by atoms with Crippen molar-refractivity contribution in [3.63, 3.8) is 0 Å². The van der Waals surface area contributed by atoms with Crippen molar-refractivity contribution in [1.82, 2.24) is 9.78 Å². The normalized spacial score (nSPS) is 29.8. The summed E-state index contributed by atoms with van der Waals surface area (Å²) >= 11 is 0. The number of anilines is 1. The molecule has 1 aromatic rings. The van der Waals surface area contributed by atoms with Crippen LogP contribution in [0.2, 0.25) is 0 Å². The average molecular weight is 235 g/mol. The van der Waals surface area contributed by atoms with Gasteiger partial charge in [0.25, 0.3) is 0 Å². The van der Waals surface area contributed by atoms with E-state index in [9.17, 15) is 5.11 Å². The molecule has 4 heteroatoms. The van der Waals surface area contributed by atoms with E-state index in [0.717, 1.165) is 32.4 Å². The number of piperidine rings is 1. The molecule has 3 rings (SSSR count). The van der Waals surface area contributed by atoms with Crippen molar-refractivity contribution in [2.24, 2.45) is 0 Å². The van der Waals surface area contributed by atoms with Crippen molar-refractivity contribution in [3.05, 3.63) is 12.4 Å². The van der Waals surface area contributed by atoms with E-state index >= 15 is 0 Å². The average Bonchev–Trinajstić information content (AvgIpc) is 2.98. The topological polar surface area (TPSA) is 41.3 Å². The summed E-state index contributed by atoms with van der Waals surface area (Å²) in [5, 5.41) is 14.3. The third-order valence-electron chi connectivity index (χ3n) is 4.09. The van der Waals surface area contributed by atoms with Crippen molar-refractivity contribution in [2.75, 3.05) is 18.0 Å². The predicted octanol–water partition coefficient (Wildman–Crippen LogP) is 1.96. The fourth-order valence-electron chi connectivity index (χ4n) is 3.05. The molecule has 1 saturated heterocycles. The third kappa shape index (κ3) is 2.18. The highest BCUT2D eigenvalue weighted by atomic mass is 16.3. The lowest BCUT2D eigenvalue weighted by atomic mass is 10.1. The minimum Gasteiger partial charge on any atom is -0.391 e. The summed E-state index contributed by atoms with van der Waals surface area (Å²) in [6.07, 6.45) is 10.9. The molecular formula is C13H21N3O. The highest BCUT2D eigenvalue weighted by Crippen LogP contribution is 2.31. The van der Waals surface area contributed by atoms with Crippen LogP contribution in [0.3, 0.4) is 0 Å². The van der Waals surface area contributed by atoms with Gasteiger partial charge < -0.3 is 10.0 Å². The van der Waals surface area contributed by atoms with Gasteiger partial charge in [-0.2, -0.15) is 5.10 Å². The summed E-state index contributed by atoms with van der Waals surface area (Å²) in [7, 11) is 0. The van der Waals surface area contributed by atoms with Crippen molar-refractivity contribution in [3.8, 4) is 0 Å². The molecule has 4 nitrogen and oxygen atoms in total. The largest absolute Gasteiger partial charge is 0.391 e. The van der Waals surface area contributed by atoms with Crippen molar-refractivity contribution in [2.45, 2.75) is 50.7 Å². The van der Waals surface area contributed by atoms with Gasteiger partial charge in [0, 0.05) is 19.3 Å². The number of rotatable bonds is 2. The molecule has 1 saturated carbocycles. The van der Waals surface area contributed by atoms with Gasteiger partial charge in [-0.25, -0.2) is 0 Å². The molecule has 0 spiro atoms. The smallest absolute Gasteiger partial charge is 0.0779 e. The second-order valence-corrected chi connectivity index (χ2v) is 5.29. The molecule has 1 aliphatic carbocycles. The van der Waals surface area contributed by atoms with Crippen LogP contribution in [0.4, 0.5) is 5.69 Å². The number of nitrogens with zero attached hydrogens (tertiary/aromatic N) is 3. The molecule has 1 aliphatic heterocycles. The molecule has 1 aromatic heterocycles. The van der Waals surface area contributed by atoms with E-state index in [1.54, 1.807) is 0 Å². The Labute approximate surface area is 102 Å². The van der Waals surface area contributed by atoms with E-state index in [0.29, 0.717) is 0 Å².